The van der Waals surface area contributed by atoms with Crippen molar-refractivity contribution >= 4 is 45.7 Å². The molecule has 2 fully saturated rings. The summed E-state index contributed by atoms with van der Waals surface area (Å²) in [5.74, 6) is 0.0903. The number of carbonyl (C=O) groups is 2. The summed E-state index contributed by atoms with van der Waals surface area (Å²) in [6.45, 7) is 2.51. The molecule has 1 aliphatic carbocycles. The molecule has 0 radical (unpaired) electrons. The second-order valence-corrected chi connectivity index (χ2v) is 11.5. The fourth-order valence-corrected chi connectivity index (χ4v) is 6.76. The molecule has 7 nitrogen and oxygen atoms in total. The molecule has 2 N–H and O–H groups in total. The summed E-state index contributed by atoms with van der Waals surface area (Å²) in [7, 11) is 1.76. The smallest absolute Gasteiger partial charge is 0.246 e. The van der Waals surface area contributed by atoms with Gasteiger partial charge in [0, 0.05) is 34.1 Å². The van der Waals surface area contributed by atoms with Crippen molar-refractivity contribution in [3.8, 4) is 11.3 Å². The maximum absolute atomic E-state index is 14.0. The summed E-state index contributed by atoms with van der Waals surface area (Å²) in [4.78, 5) is 38.3. The van der Waals surface area contributed by atoms with Crippen molar-refractivity contribution in [1.29, 1.82) is 0 Å². The van der Waals surface area contributed by atoms with Crippen molar-refractivity contribution in [2.45, 2.75) is 70.0 Å². The Morgan fingerprint density at radius 3 is 2.73 bits per heavy atom. The van der Waals surface area contributed by atoms with E-state index in [0.717, 1.165) is 65.7 Å². The molecular weight excluding hydrogens is 506 g/mol. The van der Waals surface area contributed by atoms with Crippen LogP contribution < -0.4 is 10.6 Å². The number of hydrogen-bond acceptors (Lipinski definition) is 6. The van der Waals surface area contributed by atoms with Gasteiger partial charge in [0.05, 0.1) is 23.3 Å². The molecule has 0 bridgehead atoms. The van der Waals surface area contributed by atoms with Crippen LogP contribution in [-0.2, 0) is 9.59 Å². The molecule has 1 saturated heterocycles. The van der Waals surface area contributed by atoms with Gasteiger partial charge in [-0.1, -0.05) is 36.9 Å². The minimum absolute atomic E-state index is 0.0341. The average Bonchev–Trinajstić information content (AvgIpc) is 3.60. The maximum atomic E-state index is 14.0. The van der Waals surface area contributed by atoms with Gasteiger partial charge in [0.1, 0.15) is 11.0 Å². The van der Waals surface area contributed by atoms with E-state index in [9.17, 15) is 9.59 Å². The van der Waals surface area contributed by atoms with Crippen LogP contribution in [0.3, 0.4) is 0 Å². The SMILES string of the molecule is CN[C@@H](C)C(=O)N[C@H](C(=O)N1CCC[C@H]1c1nc(-c2ccnc3cc(Cl)ccc23)cs1)C1CCCCC1. The van der Waals surface area contributed by atoms with Gasteiger partial charge in [-0.25, -0.2) is 4.98 Å². The first-order valence-electron chi connectivity index (χ1n) is 13.2. The quantitative estimate of drug-likeness (QED) is 0.423. The van der Waals surface area contributed by atoms with Crippen LogP contribution >= 0.6 is 22.9 Å². The third kappa shape index (κ3) is 5.52. The van der Waals surface area contributed by atoms with Crippen LogP contribution in [-0.4, -0.2) is 52.4 Å². The Labute approximate surface area is 227 Å². The molecule has 37 heavy (non-hydrogen) atoms. The lowest BCUT2D eigenvalue weighted by Crippen LogP contribution is -2.55. The number of carbonyl (C=O) groups excluding carboxylic acids is 2. The number of rotatable bonds is 7. The van der Waals surface area contributed by atoms with Crippen LogP contribution in [0, 0.1) is 5.92 Å². The molecule has 196 valence electrons. The van der Waals surface area contributed by atoms with Gasteiger partial charge in [0.25, 0.3) is 0 Å². The fraction of sp³-hybridized carbons (Fsp3) is 0.500. The largest absolute Gasteiger partial charge is 0.343 e. The van der Waals surface area contributed by atoms with E-state index in [1.807, 2.05) is 36.1 Å². The summed E-state index contributed by atoms with van der Waals surface area (Å²) in [6.07, 6.45) is 8.95. The topological polar surface area (TPSA) is 87.2 Å². The van der Waals surface area contributed by atoms with E-state index in [-0.39, 0.29) is 29.8 Å². The van der Waals surface area contributed by atoms with E-state index >= 15 is 0 Å². The summed E-state index contributed by atoms with van der Waals surface area (Å²) in [6, 6.07) is 6.78. The molecular formula is C28H34ClN5O2S. The summed E-state index contributed by atoms with van der Waals surface area (Å²) in [5.41, 5.74) is 2.72. The zero-order valence-electron chi connectivity index (χ0n) is 21.4. The molecule has 3 heterocycles. The van der Waals surface area contributed by atoms with Gasteiger partial charge in [-0.2, -0.15) is 0 Å². The number of fused-ring (bicyclic) bond motifs is 1. The Kier molecular flexibility index (Phi) is 8.07. The van der Waals surface area contributed by atoms with Crippen molar-refractivity contribution in [2.24, 2.45) is 5.92 Å². The third-order valence-corrected chi connectivity index (χ3v) is 9.02. The number of aromatic nitrogens is 2. The van der Waals surface area contributed by atoms with Crippen molar-refractivity contribution in [3.05, 3.63) is 45.9 Å². The van der Waals surface area contributed by atoms with Gasteiger partial charge >= 0.3 is 0 Å². The molecule has 9 heteroatoms. The number of benzene rings is 1. The van der Waals surface area contributed by atoms with Gasteiger partial charge in [0.15, 0.2) is 0 Å². The Hall–Kier alpha value is -2.55. The lowest BCUT2D eigenvalue weighted by molar-refractivity contribution is -0.139. The first kappa shape index (κ1) is 26.1. The first-order valence-corrected chi connectivity index (χ1v) is 14.5. The van der Waals surface area contributed by atoms with Crippen LogP contribution in [0.15, 0.2) is 35.8 Å². The van der Waals surface area contributed by atoms with Gasteiger partial charge < -0.3 is 15.5 Å². The highest BCUT2D eigenvalue weighted by Crippen LogP contribution is 2.38. The minimum Gasteiger partial charge on any atom is -0.343 e. The number of pyridine rings is 1. The Morgan fingerprint density at radius 2 is 1.95 bits per heavy atom. The van der Waals surface area contributed by atoms with Gasteiger partial charge in [-0.15, -0.1) is 11.3 Å². The predicted molar refractivity (Wildman–Crippen MR) is 149 cm³/mol. The molecule has 2 aliphatic rings. The lowest BCUT2D eigenvalue weighted by Gasteiger charge is -2.35. The van der Waals surface area contributed by atoms with E-state index in [4.69, 9.17) is 16.6 Å². The third-order valence-electron chi connectivity index (χ3n) is 7.83. The van der Waals surface area contributed by atoms with Crippen LogP contribution in [0.25, 0.3) is 22.2 Å². The monoisotopic (exact) mass is 539 g/mol. The number of amides is 2. The Morgan fingerprint density at radius 1 is 1.14 bits per heavy atom. The fourth-order valence-electron chi connectivity index (χ4n) is 5.63. The van der Waals surface area contributed by atoms with Crippen molar-refractivity contribution in [1.82, 2.24) is 25.5 Å². The van der Waals surface area contributed by atoms with E-state index in [0.29, 0.717) is 11.6 Å². The lowest BCUT2D eigenvalue weighted by atomic mass is 9.83. The number of thiazole rings is 1. The van der Waals surface area contributed by atoms with E-state index in [1.165, 1.54) is 6.42 Å². The van der Waals surface area contributed by atoms with Gasteiger partial charge in [-0.3, -0.25) is 14.6 Å². The number of hydrogen-bond donors (Lipinski definition) is 2. The summed E-state index contributed by atoms with van der Waals surface area (Å²) in [5, 5.41) is 10.8. The number of likely N-dealkylation sites (N-methyl/N-ethyl adjacent to an activating group) is 1. The number of halogens is 1. The minimum atomic E-state index is -0.488. The average molecular weight is 540 g/mol. The van der Waals surface area contributed by atoms with Crippen LogP contribution in [0.4, 0.5) is 0 Å². The van der Waals surface area contributed by atoms with E-state index in [2.05, 4.69) is 21.0 Å². The van der Waals surface area contributed by atoms with Gasteiger partial charge in [0.2, 0.25) is 11.8 Å². The highest BCUT2D eigenvalue weighted by Gasteiger charge is 2.40. The molecule has 2 amide bonds. The molecule has 1 aromatic carbocycles. The van der Waals surface area contributed by atoms with Crippen molar-refractivity contribution in [3.63, 3.8) is 0 Å². The van der Waals surface area contributed by atoms with Crippen LogP contribution in [0.1, 0.15) is 62.9 Å². The second-order valence-electron chi connectivity index (χ2n) is 10.2. The molecule has 1 aliphatic heterocycles. The highest BCUT2D eigenvalue weighted by molar-refractivity contribution is 7.10. The van der Waals surface area contributed by atoms with Crippen molar-refractivity contribution < 1.29 is 9.59 Å². The molecule has 1 saturated carbocycles. The molecule has 5 rings (SSSR count). The van der Waals surface area contributed by atoms with E-state index < -0.39 is 6.04 Å². The number of likely N-dealkylation sites (tertiary alicyclic amines) is 1. The molecule has 0 spiro atoms. The number of nitrogens with one attached hydrogen (secondary N) is 2. The normalized spacial score (nSPS) is 20.2. The van der Waals surface area contributed by atoms with E-state index in [1.54, 1.807) is 24.6 Å². The molecule has 3 atom stereocenters. The highest BCUT2D eigenvalue weighted by atomic mass is 35.5. The summed E-state index contributed by atoms with van der Waals surface area (Å²) < 4.78 is 0. The maximum Gasteiger partial charge on any atom is 0.246 e. The number of nitrogens with zero attached hydrogens (tertiary/aromatic N) is 3. The van der Waals surface area contributed by atoms with Gasteiger partial charge in [-0.05, 0) is 63.8 Å². The second kappa shape index (κ2) is 11.5. The van der Waals surface area contributed by atoms with Crippen molar-refractivity contribution in [2.75, 3.05) is 13.6 Å². The zero-order valence-corrected chi connectivity index (χ0v) is 22.9. The first-order chi connectivity index (χ1) is 18.0. The van der Waals surface area contributed by atoms with Crippen LogP contribution in [0.2, 0.25) is 5.02 Å². The standard InChI is InChI=1S/C28H34ClN5O2S/c1-17(30-2)26(35)33-25(18-7-4-3-5-8-18)28(36)34-14-6-9-24(34)27-32-23(16-37-27)21-12-13-31-22-15-19(29)10-11-20(21)22/h10-13,15-18,24-25,30H,3-9,14H2,1-2H3,(H,33,35)/t17-,24-,25-/m0/s1. The Balaban J connectivity index is 1.40. The van der Waals surface area contributed by atoms with Crippen LogP contribution in [0.5, 0.6) is 0 Å². The molecule has 3 aromatic rings. The molecule has 0 unspecified atom stereocenters. The zero-order chi connectivity index (χ0) is 25.9. The molecule has 2 aromatic heterocycles. The summed E-state index contributed by atoms with van der Waals surface area (Å²) >= 11 is 7.77. The Bertz CT molecular complexity index is 1270. The predicted octanol–water partition coefficient (Wildman–Crippen LogP) is 5.35.